The maximum absolute atomic E-state index is 12.8. The summed E-state index contributed by atoms with van der Waals surface area (Å²) in [5.41, 5.74) is 3.60. The fourth-order valence-corrected chi connectivity index (χ4v) is 3.33. The number of carbonyl (C=O) groups excluding carboxylic acids is 2. The molecule has 0 spiro atoms. The van der Waals surface area contributed by atoms with Crippen molar-refractivity contribution < 1.29 is 14.3 Å². The van der Waals surface area contributed by atoms with E-state index >= 15 is 0 Å². The topological polar surface area (TPSA) is 80.3 Å². The Labute approximate surface area is 165 Å². The highest BCUT2D eigenvalue weighted by Gasteiger charge is 2.18. The SMILES string of the molecule is Cc1cccc(C(C)C)c1NC(=O)c1cncc(C(=O)NCC2CCCO2)c1. The van der Waals surface area contributed by atoms with E-state index in [9.17, 15) is 9.59 Å². The molecule has 2 amide bonds. The number of carbonyl (C=O) groups is 2. The minimum atomic E-state index is -0.280. The molecule has 1 aromatic carbocycles. The van der Waals surface area contributed by atoms with Gasteiger partial charge in [0.15, 0.2) is 0 Å². The molecule has 6 heteroatoms. The van der Waals surface area contributed by atoms with Crippen molar-refractivity contribution in [1.29, 1.82) is 0 Å². The lowest BCUT2D eigenvalue weighted by Crippen LogP contribution is -2.32. The van der Waals surface area contributed by atoms with Gasteiger partial charge in [-0.3, -0.25) is 14.6 Å². The predicted octanol–water partition coefficient (Wildman–Crippen LogP) is 3.67. The Morgan fingerprint density at radius 3 is 2.64 bits per heavy atom. The van der Waals surface area contributed by atoms with Crippen LogP contribution in [0.5, 0.6) is 0 Å². The summed E-state index contributed by atoms with van der Waals surface area (Å²) < 4.78 is 5.51. The van der Waals surface area contributed by atoms with Gasteiger partial charge in [-0.05, 0) is 42.9 Å². The number of ether oxygens (including phenoxy) is 1. The average Bonchev–Trinajstić information content (AvgIpc) is 3.21. The van der Waals surface area contributed by atoms with Crippen LogP contribution in [-0.2, 0) is 4.74 Å². The van der Waals surface area contributed by atoms with Crippen LogP contribution in [0.25, 0.3) is 0 Å². The number of hydrogen-bond donors (Lipinski definition) is 2. The first-order valence-corrected chi connectivity index (χ1v) is 9.71. The summed E-state index contributed by atoms with van der Waals surface area (Å²) >= 11 is 0. The molecular weight excluding hydrogens is 354 g/mol. The predicted molar refractivity (Wildman–Crippen MR) is 109 cm³/mol. The highest BCUT2D eigenvalue weighted by Crippen LogP contribution is 2.27. The van der Waals surface area contributed by atoms with Gasteiger partial charge in [-0.15, -0.1) is 0 Å². The largest absolute Gasteiger partial charge is 0.376 e. The lowest BCUT2D eigenvalue weighted by atomic mass is 9.98. The maximum atomic E-state index is 12.8. The van der Waals surface area contributed by atoms with Crippen molar-refractivity contribution in [1.82, 2.24) is 10.3 Å². The molecule has 1 atom stereocenters. The van der Waals surface area contributed by atoms with Gasteiger partial charge in [-0.2, -0.15) is 0 Å². The lowest BCUT2D eigenvalue weighted by Gasteiger charge is -2.16. The smallest absolute Gasteiger partial charge is 0.257 e. The minimum Gasteiger partial charge on any atom is -0.376 e. The summed E-state index contributed by atoms with van der Waals surface area (Å²) in [7, 11) is 0. The molecule has 0 radical (unpaired) electrons. The Hall–Kier alpha value is -2.73. The van der Waals surface area contributed by atoms with Crippen molar-refractivity contribution in [3.63, 3.8) is 0 Å². The molecule has 2 heterocycles. The van der Waals surface area contributed by atoms with Crippen LogP contribution in [0.4, 0.5) is 5.69 Å². The molecule has 2 aromatic rings. The number of benzene rings is 1. The third-order valence-electron chi connectivity index (χ3n) is 4.94. The number of rotatable bonds is 6. The van der Waals surface area contributed by atoms with E-state index < -0.39 is 0 Å². The molecule has 1 aliphatic rings. The quantitative estimate of drug-likeness (QED) is 0.800. The van der Waals surface area contributed by atoms with Crippen molar-refractivity contribution in [2.24, 2.45) is 0 Å². The summed E-state index contributed by atoms with van der Waals surface area (Å²) in [6.07, 6.45) is 4.98. The summed E-state index contributed by atoms with van der Waals surface area (Å²) in [6, 6.07) is 7.54. The second-order valence-electron chi connectivity index (χ2n) is 7.46. The zero-order chi connectivity index (χ0) is 20.1. The summed E-state index contributed by atoms with van der Waals surface area (Å²) in [5.74, 6) is -0.253. The van der Waals surface area contributed by atoms with Crippen LogP contribution in [0, 0.1) is 6.92 Å². The van der Waals surface area contributed by atoms with Gasteiger partial charge < -0.3 is 15.4 Å². The van der Waals surface area contributed by atoms with Crippen LogP contribution in [0.2, 0.25) is 0 Å². The van der Waals surface area contributed by atoms with Crippen LogP contribution in [0.15, 0.2) is 36.7 Å². The van der Waals surface area contributed by atoms with Crippen molar-refractivity contribution in [3.05, 3.63) is 58.9 Å². The van der Waals surface area contributed by atoms with Gasteiger partial charge in [0.05, 0.1) is 17.2 Å². The third-order valence-corrected chi connectivity index (χ3v) is 4.94. The standard InChI is InChI=1S/C22H27N3O3/c1-14(2)19-8-4-6-15(3)20(19)25-22(27)17-10-16(11-23-12-17)21(26)24-13-18-7-5-9-28-18/h4,6,8,10-12,14,18H,5,7,9,13H2,1-3H3,(H,24,26)(H,25,27). The van der Waals surface area contributed by atoms with E-state index in [1.54, 1.807) is 6.07 Å². The Kier molecular flexibility index (Phi) is 6.41. The highest BCUT2D eigenvalue weighted by molar-refractivity contribution is 6.06. The second kappa shape index (κ2) is 8.97. The molecule has 0 aliphatic carbocycles. The maximum Gasteiger partial charge on any atom is 0.257 e. The molecule has 0 saturated carbocycles. The summed E-state index contributed by atoms with van der Waals surface area (Å²) in [5, 5.41) is 5.84. The van der Waals surface area contributed by atoms with Gasteiger partial charge in [0, 0.05) is 31.2 Å². The first-order chi connectivity index (χ1) is 13.5. The highest BCUT2D eigenvalue weighted by atomic mass is 16.5. The van der Waals surface area contributed by atoms with E-state index in [-0.39, 0.29) is 23.8 Å². The average molecular weight is 381 g/mol. The first kappa shape index (κ1) is 20.0. The fraction of sp³-hybridized carbons (Fsp3) is 0.409. The summed E-state index contributed by atoms with van der Waals surface area (Å²) in [4.78, 5) is 29.2. The molecule has 1 fully saturated rings. The molecule has 2 N–H and O–H groups in total. The van der Waals surface area contributed by atoms with Gasteiger partial charge in [0.25, 0.3) is 11.8 Å². The monoisotopic (exact) mass is 381 g/mol. The van der Waals surface area contributed by atoms with E-state index in [4.69, 9.17) is 4.74 Å². The van der Waals surface area contributed by atoms with E-state index in [1.807, 2.05) is 25.1 Å². The van der Waals surface area contributed by atoms with Crippen LogP contribution >= 0.6 is 0 Å². The number of nitrogens with one attached hydrogen (secondary N) is 2. The zero-order valence-corrected chi connectivity index (χ0v) is 16.6. The second-order valence-corrected chi connectivity index (χ2v) is 7.46. The summed E-state index contributed by atoms with van der Waals surface area (Å²) in [6.45, 7) is 7.36. The molecule has 3 rings (SSSR count). The number of hydrogen-bond acceptors (Lipinski definition) is 4. The number of pyridine rings is 1. The molecule has 6 nitrogen and oxygen atoms in total. The van der Waals surface area contributed by atoms with Crippen LogP contribution in [0.3, 0.4) is 0 Å². The number of nitrogens with zero attached hydrogens (tertiary/aromatic N) is 1. The molecule has 148 valence electrons. The van der Waals surface area contributed by atoms with E-state index in [0.717, 1.165) is 36.3 Å². The van der Waals surface area contributed by atoms with Crippen molar-refractivity contribution in [2.75, 3.05) is 18.5 Å². The zero-order valence-electron chi connectivity index (χ0n) is 16.6. The lowest BCUT2D eigenvalue weighted by molar-refractivity contribution is 0.0857. The molecule has 1 aliphatic heterocycles. The molecule has 1 saturated heterocycles. The van der Waals surface area contributed by atoms with Gasteiger partial charge in [-0.1, -0.05) is 32.0 Å². The normalized spacial score (nSPS) is 16.2. The number of amides is 2. The Morgan fingerprint density at radius 2 is 1.96 bits per heavy atom. The van der Waals surface area contributed by atoms with Gasteiger partial charge in [0.2, 0.25) is 0 Å². The van der Waals surface area contributed by atoms with Crippen LogP contribution < -0.4 is 10.6 Å². The van der Waals surface area contributed by atoms with Gasteiger partial charge >= 0.3 is 0 Å². The van der Waals surface area contributed by atoms with Gasteiger partial charge in [0.1, 0.15) is 0 Å². The van der Waals surface area contributed by atoms with Crippen molar-refractivity contribution >= 4 is 17.5 Å². The number of aryl methyl sites for hydroxylation is 1. The number of aromatic nitrogens is 1. The van der Waals surface area contributed by atoms with Crippen LogP contribution in [0.1, 0.15) is 64.4 Å². The first-order valence-electron chi connectivity index (χ1n) is 9.71. The Bertz CT molecular complexity index is 858. The Morgan fingerprint density at radius 1 is 1.21 bits per heavy atom. The Balaban J connectivity index is 1.71. The third kappa shape index (κ3) is 4.75. The van der Waals surface area contributed by atoms with Crippen LogP contribution in [-0.4, -0.2) is 36.1 Å². The molecular formula is C22H27N3O3. The van der Waals surface area contributed by atoms with E-state index in [2.05, 4.69) is 29.5 Å². The van der Waals surface area contributed by atoms with Gasteiger partial charge in [-0.25, -0.2) is 0 Å². The molecule has 0 bridgehead atoms. The molecule has 1 aromatic heterocycles. The molecule has 28 heavy (non-hydrogen) atoms. The number of anilines is 1. The minimum absolute atomic E-state index is 0.0684. The van der Waals surface area contributed by atoms with E-state index in [0.29, 0.717) is 17.7 Å². The van der Waals surface area contributed by atoms with Crippen molar-refractivity contribution in [3.8, 4) is 0 Å². The van der Waals surface area contributed by atoms with E-state index in [1.165, 1.54) is 12.4 Å². The number of para-hydroxylation sites is 1. The van der Waals surface area contributed by atoms with Crippen molar-refractivity contribution in [2.45, 2.75) is 45.6 Å². The molecule has 1 unspecified atom stereocenters. The fourth-order valence-electron chi connectivity index (χ4n) is 3.33.